The van der Waals surface area contributed by atoms with Gasteiger partial charge in [0.25, 0.3) is 5.91 Å². The number of aliphatic hydroxyl groups is 1. The Labute approximate surface area is 214 Å². The van der Waals surface area contributed by atoms with Crippen LogP contribution in [0.5, 0.6) is 0 Å². The normalized spacial score (nSPS) is 29.0. The molecular weight excluding hydrogens is 502 g/mol. The van der Waals surface area contributed by atoms with Gasteiger partial charge in [0.05, 0.1) is 34.5 Å². The zero-order valence-corrected chi connectivity index (χ0v) is 22.0. The molecule has 0 radical (unpaired) electrons. The summed E-state index contributed by atoms with van der Waals surface area (Å²) < 4.78 is 25.6. The molecule has 2 N–H and O–H groups in total. The van der Waals surface area contributed by atoms with Crippen LogP contribution in [0.3, 0.4) is 0 Å². The van der Waals surface area contributed by atoms with Crippen molar-refractivity contribution in [3.63, 3.8) is 0 Å². The summed E-state index contributed by atoms with van der Waals surface area (Å²) in [6, 6.07) is 6.21. The number of thiazole rings is 1. The first kappa shape index (κ1) is 25.0. The molecule has 36 heavy (non-hydrogen) atoms. The number of sulfonamides is 1. The number of carbonyl (C=O) groups is 2. The van der Waals surface area contributed by atoms with Crippen LogP contribution in [0.4, 0.5) is 0 Å². The minimum absolute atomic E-state index is 0.0616. The minimum atomic E-state index is -3.54. The molecule has 1 aromatic carbocycles. The minimum Gasteiger partial charge on any atom is -0.391 e. The molecule has 2 aromatic rings. The number of benzene rings is 1. The first-order chi connectivity index (χ1) is 17.0. The first-order valence-corrected chi connectivity index (χ1v) is 14.6. The number of aromatic nitrogens is 1. The molecule has 0 bridgehead atoms. The van der Waals surface area contributed by atoms with E-state index in [0.717, 1.165) is 28.0 Å². The SMILES string of the molecule is Cc1ncsc1-c1ccc([C@]2(C)NC(C3C[C@@H](O)CN3C(=O)[C@H]3CCCN3S(C)(=O)=O)=NC2=O)cc1. The summed E-state index contributed by atoms with van der Waals surface area (Å²) in [4.78, 5) is 37.7. The van der Waals surface area contributed by atoms with Crippen molar-refractivity contribution in [1.29, 1.82) is 0 Å². The first-order valence-electron chi connectivity index (χ1n) is 11.9. The van der Waals surface area contributed by atoms with Crippen LogP contribution >= 0.6 is 11.3 Å². The number of aliphatic hydroxyl groups excluding tert-OH is 1. The van der Waals surface area contributed by atoms with E-state index in [2.05, 4.69) is 15.3 Å². The Morgan fingerprint density at radius 2 is 2.00 bits per heavy atom. The van der Waals surface area contributed by atoms with Crippen LogP contribution in [0.15, 0.2) is 34.8 Å². The molecule has 192 valence electrons. The molecule has 0 aliphatic carbocycles. The molecule has 0 spiro atoms. The van der Waals surface area contributed by atoms with Gasteiger partial charge in [0.15, 0.2) is 0 Å². The summed E-state index contributed by atoms with van der Waals surface area (Å²) >= 11 is 1.55. The van der Waals surface area contributed by atoms with Crippen molar-refractivity contribution in [3.8, 4) is 10.4 Å². The largest absolute Gasteiger partial charge is 0.391 e. The van der Waals surface area contributed by atoms with Gasteiger partial charge >= 0.3 is 0 Å². The predicted molar refractivity (Wildman–Crippen MR) is 136 cm³/mol. The van der Waals surface area contributed by atoms with Crippen molar-refractivity contribution < 1.29 is 23.1 Å². The van der Waals surface area contributed by atoms with Crippen LogP contribution in [0.2, 0.25) is 0 Å². The lowest BCUT2D eigenvalue weighted by atomic mass is 9.91. The number of aryl methyl sites for hydroxylation is 1. The van der Waals surface area contributed by atoms with Gasteiger partial charge in [-0.2, -0.15) is 9.30 Å². The zero-order chi connectivity index (χ0) is 25.8. The summed E-state index contributed by atoms with van der Waals surface area (Å²) in [5, 5.41) is 13.6. The Kier molecular flexibility index (Phi) is 6.26. The number of amides is 2. The van der Waals surface area contributed by atoms with E-state index in [-0.39, 0.29) is 24.8 Å². The maximum absolute atomic E-state index is 13.4. The molecule has 0 saturated carbocycles. The number of aliphatic imine (C=N–C) groups is 1. The Morgan fingerprint density at radius 3 is 2.64 bits per heavy atom. The molecule has 2 fully saturated rings. The molecule has 10 nitrogen and oxygen atoms in total. The standard InChI is InChI=1S/C24H29N5O5S2/c1-14-20(35-13-25-14)15-6-8-16(9-7-15)24(2)23(32)26-21(27-24)19-11-17(30)12-28(19)22(31)18-5-4-10-29(18)36(3,33)34/h6-9,13,17-19,30H,4-5,10-12H2,1-3H3,(H,26,27,32)/t17-,18-,19?,24+/m1/s1. The van der Waals surface area contributed by atoms with Crippen molar-refractivity contribution in [2.45, 2.75) is 56.8 Å². The van der Waals surface area contributed by atoms with Crippen molar-refractivity contribution in [3.05, 3.63) is 41.0 Å². The third-order valence-electron chi connectivity index (χ3n) is 7.29. The fraction of sp³-hybridized carbons (Fsp3) is 0.500. The van der Waals surface area contributed by atoms with Gasteiger partial charge in [-0.05, 0) is 37.8 Å². The lowest BCUT2D eigenvalue weighted by molar-refractivity contribution is -0.134. The number of β-amino-alcohol motifs (C(OH)–C–C–N with tert-alkyl or cyclic N) is 1. The van der Waals surface area contributed by atoms with E-state index < -0.39 is 33.7 Å². The van der Waals surface area contributed by atoms with Crippen molar-refractivity contribution in [2.24, 2.45) is 4.99 Å². The lowest BCUT2D eigenvalue weighted by Gasteiger charge is -2.31. The maximum Gasteiger partial charge on any atom is 0.277 e. The second kappa shape index (κ2) is 9.02. The number of hydrogen-bond acceptors (Lipinski definition) is 8. The fourth-order valence-corrected chi connectivity index (χ4v) is 7.27. The molecule has 5 rings (SSSR count). The molecule has 4 atom stereocenters. The van der Waals surface area contributed by atoms with Crippen LogP contribution in [-0.4, -0.2) is 82.9 Å². The quantitative estimate of drug-likeness (QED) is 0.593. The third kappa shape index (κ3) is 4.25. The summed E-state index contributed by atoms with van der Waals surface area (Å²) in [7, 11) is -3.54. The van der Waals surface area contributed by atoms with E-state index in [1.807, 2.05) is 31.2 Å². The Balaban J connectivity index is 1.37. The van der Waals surface area contributed by atoms with E-state index in [9.17, 15) is 23.1 Å². The Hall–Kier alpha value is -2.67. The van der Waals surface area contributed by atoms with Crippen molar-refractivity contribution in [1.82, 2.24) is 19.5 Å². The van der Waals surface area contributed by atoms with E-state index in [1.165, 1.54) is 9.21 Å². The van der Waals surface area contributed by atoms with Gasteiger partial charge in [-0.25, -0.2) is 13.4 Å². The number of likely N-dealkylation sites (tertiary alicyclic amines) is 1. The lowest BCUT2D eigenvalue weighted by Crippen LogP contribution is -2.54. The highest BCUT2D eigenvalue weighted by molar-refractivity contribution is 7.88. The van der Waals surface area contributed by atoms with Gasteiger partial charge < -0.3 is 15.3 Å². The highest BCUT2D eigenvalue weighted by Gasteiger charge is 2.49. The van der Waals surface area contributed by atoms with E-state index >= 15 is 0 Å². The number of rotatable bonds is 5. The van der Waals surface area contributed by atoms with Crippen LogP contribution in [0, 0.1) is 6.92 Å². The average Bonchev–Trinajstić information content (AvgIpc) is 3.60. The van der Waals surface area contributed by atoms with Crippen molar-refractivity contribution in [2.75, 3.05) is 19.3 Å². The number of hydrogen-bond donors (Lipinski definition) is 2. The van der Waals surface area contributed by atoms with Crippen LogP contribution in [-0.2, 0) is 25.2 Å². The van der Waals surface area contributed by atoms with Gasteiger partial charge in [0.1, 0.15) is 17.4 Å². The molecule has 2 amide bonds. The van der Waals surface area contributed by atoms with Gasteiger partial charge in [-0.15, -0.1) is 11.3 Å². The second-order valence-corrected chi connectivity index (χ2v) is 12.6. The van der Waals surface area contributed by atoms with Crippen LogP contribution in [0.25, 0.3) is 10.4 Å². The van der Waals surface area contributed by atoms with Gasteiger partial charge in [-0.3, -0.25) is 9.59 Å². The summed E-state index contributed by atoms with van der Waals surface area (Å²) in [5.74, 6) is -0.431. The molecule has 2 saturated heterocycles. The second-order valence-electron chi connectivity index (χ2n) is 9.82. The third-order valence-corrected chi connectivity index (χ3v) is 9.56. The molecule has 1 aromatic heterocycles. The maximum atomic E-state index is 13.4. The summed E-state index contributed by atoms with van der Waals surface area (Å²) in [6.45, 7) is 4.06. The Bertz CT molecular complexity index is 1340. The van der Waals surface area contributed by atoms with Crippen molar-refractivity contribution >= 4 is 39.0 Å². The average molecular weight is 532 g/mol. The van der Waals surface area contributed by atoms with E-state index in [1.54, 1.807) is 23.8 Å². The molecule has 3 aliphatic heterocycles. The predicted octanol–water partition coefficient (Wildman–Crippen LogP) is 1.25. The van der Waals surface area contributed by atoms with E-state index in [4.69, 9.17) is 0 Å². The fourth-order valence-electron chi connectivity index (χ4n) is 5.34. The molecular formula is C24H29N5O5S2. The monoisotopic (exact) mass is 531 g/mol. The number of nitrogens with one attached hydrogen (secondary N) is 1. The zero-order valence-electron chi connectivity index (χ0n) is 20.3. The summed E-state index contributed by atoms with van der Waals surface area (Å²) in [5.41, 5.74) is 3.36. The van der Waals surface area contributed by atoms with Crippen LogP contribution < -0.4 is 5.32 Å². The van der Waals surface area contributed by atoms with Gasteiger partial charge in [0.2, 0.25) is 15.9 Å². The number of carbonyl (C=O) groups excluding carboxylic acids is 2. The smallest absolute Gasteiger partial charge is 0.277 e. The molecule has 12 heteroatoms. The van der Waals surface area contributed by atoms with E-state index in [0.29, 0.717) is 25.2 Å². The molecule has 1 unspecified atom stereocenters. The summed E-state index contributed by atoms with van der Waals surface area (Å²) in [6.07, 6.45) is 1.55. The van der Waals surface area contributed by atoms with Crippen LogP contribution in [0.1, 0.15) is 37.4 Å². The molecule has 3 aliphatic rings. The Morgan fingerprint density at radius 1 is 1.28 bits per heavy atom. The van der Waals surface area contributed by atoms with Gasteiger partial charge in [0, 0.05) is 19.5 Å². The number of amidine groups is 1. The molecule has 4 heterocycles. The highest BCUT2D eigenvalue weighted by atomic mass is 32.2. The van der Waals surface area contributed by atoms with Gasteiger partial charge in [-0.1, -0.05) is 24.3 Å². The number of nitrogens with zero attached hydrogens (tertiary/aromatic N) is 4. The highest BCUT2D eigenvalue weighted by Crippen LogP contribution is 2.34. The topological polar surface area (TPSA) is 132 Å².